The summed E-state index contributed by atoms with van der Waals surface area (Å²) in [6.07, 6.45) is 3.06. The van der Waals surface area contributed by atoms with E-state index in [1.165, 1.54) is 24.4 Å². The first-order valence-corrected chi connectivity index (χ1v) is 7.53. The van der Waals surface area contributed by atoms with Crippen molar-refractivity contribution in [2.75, 3.05) is 11.9 Å². The summed E-state index contributed by atoms with van der Waals surface area (Å²) in [5.74, 6) is -1.79. The van der Waals surface area contributed by atoms with Crippen LogP contribution in [-0.2, 0) is 9.53 Å². The highest BCUT2D eigenvalue weighted by Gasteiger charge is 2.12. The molecule has 3 aromatic rings. The third-order valence-corrected chi connectivity index (χ3v) is 3.56. The van der Waals surface area contributed by atoms with Crippen LogP contribution in [0.3, 0.4) is 0 Å². The predicted molar refractivity (Wildman–Crippen MR) is 89.9 cm³/mol. The number of hydrogen-bond acceptors (Lipinski definition) is 5. The first-order valence-electron chi connectivity index (χ1n) is 7.16. The molecule has 6 nitrogen and oxygen atoms in total. The van der Waals surface area contributed by atoms with Crippen molar-refractivity contribution in [2.45, 2.75) is 0 Å². The largest absolute Gasteiger partial charge is 0.452 e. The lowest BCUT2D eigenvalue weighted by atomic mass is 10.2. The van der Waals surface area contributed by atoms with Gasteiger partial charge in [-0.25, -0.2) is 9.18 Å². The molecule has 1 N–H and O–H groups in total. The standard InChI is InChI=1S/C17H11ClFN3O3/c18-12-8-11(19)2-4-13(12)22-16(23)9-25-17(24)10-1-3-14-15(7-10)21-6-5-20-14/h1-8H,9H2,(H,22,23). The SMILES string of the molecule is O=C(COC(=O)c1ccc2nccnc2c1)Nc1ccc(F)cc1Cl. The molecule has 3 rings (SSSR count). The Morgan fingerprint density at radius 1 is 1.08 bits per heavy atom. The van der Waals surface area contributed by atoms with Gasteiger partial charge in [-0.05, 0) is 36.4 Å². The third-order valence-electron chi connectivity index (χ3n) is 3.24. The molecule has 0 aliphatic carbocycles. The molecule has 0 fully saturated rings. The molecule has 0 unspecified atom stereocenters. The van der Waals surface area contributed by atoms with Crippen molar-refractivity contribution in [3.63, 3.8) is 0 Å². The van der Waals surface area contributed by atoms with Crippen molar-refractivity contribution in [1.82, 2.24) is 9.97 Å². The summed E-state index contributed by atoms with van der Waals surface area (Å²) >= 11 is 5.81. The van der Waals surface area contributed by atoms with Crippen LogP contribution in [0.15, 0.2) is 48.8 Å². The predicted octanol–water partition coefficient (Wildman–Crippen LogP) is 3.22. The van der Waals surface area contributed by atoms with Crippen LogP contribution in [-0.4, -0.2) is 28.5 Å². The summed E-state index contributed by atoms with van der Waals surface area (Å²) < 4.78 is 17.9. The smallest absolute Gasteiger partial charge is 0.338 e. The summed E-state index contributed by atoms with van der Waals surface area (Å²) in [6, 6.07) is 8.24. The van der Waals surface area contributed by atoms with E-state index in [0.717, 1.165) is 12.1 Å². The number of hydrogen-bond donors (Lipinski definition) is 1. The molecule has 0 saturated carbocycles. The average molecular weight is 360 g/mol. The van der Waals surface area contributed by atoms with Crippen molar-refractivity contribution in [2.24, 2.45) is 0 Å². The highest BCUT2D eigenvalue weighted by molar-refractivity contribution is 6.33. The Labute approximate surface area is 146 Å². The van der Waals surface area contributed by atoms with E-state index < -0.39 is 24.3 Å². The van der Waals surface area contributed by atoms with Crippen LogP contribution in [0.1, 0.15) is 10.4 Å². The van der Waals surface area contributed by atoms with Gasteiger partial charge in [0.15, 0.2) is 6.61 Å². The highest BCUT2D eigenvalue weighted by atomic mass is 35.5. The fraction of sp³-hybridized carbons (Fsp3) is 0.0588. The van der Waals surface area contributed by atoms with Gasteiger partial charge in [0.2, 0.25) is 0 Å². The number of carbonyl (C=O) groups excluding carboxylic acids is 2. The van der Waals surface area contributed by atoms with Gasteiger partial charge in [-0.3, -0.25) is 14.8 Å². The van der Waals surface area contributed by atoms with Gasteiger partial charge >= 0.3 is 5.97 Å². The molecule has 126 valence electrons. The second-order valence-corrected chi connectivity index (χ2v) is 5.42. The van der Waals surface area contributed by atoms with E-state index in [0.29, 0.717) is 11.0 Å². The molecular formula is C17H11ClFN3O3. The minimum Gasteiger partial charge on any atom is -0.452 e. The summed E-state index contributed by atoms with van der Waals surface area (Å²) in [4.78, 5) is 32.1. The number of amides is 1. The summed E-state index contributed by atoms with van der Waals surface area (Å²) in [5, 5.41) is 2.49. The van der Waals surface area contributed by atoms with Crippen LogP contribution in [0.25, 0.3) is 11.0 Å². The molecule has 2 aromatic carbocycles. The number of fused-ring (bicyclic) bond motifs is 1. The van der Waals surface area contributed by atoms with E-state index in [1.807, 2.05) is 0 Å². The molecule has 0 bridgehead atoms. The van der Waals surface area contributed by atoms with Crippen molar-refractivity contribution in [1.29, 1.82) is 0 Å². The number of halogens is 2. The molecule has 0 radical (unpaired) electrons. The van der Waals surface area contributed by atoms with Gasteiger partial charge in [0.05, 0.1) is 27.3 Å². The maximum absolute atomic E-state index is 13.0. The zero-order valence-corrected chi connectivity index (χ0v) is 13.5. The molecule has 8 heteroatoms. The van der Waals surface area contributed by atoms with Gasteiger partial charge in [-0.1, -0.05) is 11.6 Å². The second kappa shape index (κ2) is 7.23. The van der Waals surface area contributed by atoms with Gasteiger partial charge in [-0.2, -0.15) is 0 Å². The normalized spacial score (nSPS) is 10.5. The summed E-state index contributed by atoms with van der Waals surface area (Å²) in [6.45, 7) is -0.509. The number of rotatable bonds is 4. The van der Waals surface area contributed by atoms with Crippen molar-refractivity contribution in [3.8, 4) is 0 Å². The maximum Gasteiger partial charge on any atom is 0.338 e. The Hall–Kier alpha value is -3.06. The van der Waals surface area contributed by atoms with E-state index in [-0.39, 0.29) is 16.3 Å². The van der Waals surface area contributed by atoms with Crippen LogP contribution < -0.4 is 5.32 Å². The first kappa shape index (κ1) is 16.8. The molecular weight excluding hydrogens is 349 g/mol. The minimum absolute atomic E-state index is 0.0489. The number of esters is 1. The Morgan fingerprint density at radius 2 is 1.84 bits per heavy atom. The molecule has 1 aromatic heterocycles. The van der Waals surface area contributed by atoms with E-state index >= 15 is 0 Å². The first-order chi connectivity index (χ1) is 12.0. The summed E-state index contributed by atoms with van der Waals surface area (Å²) in [7, 11) is 0. The number of ether oxygens (including phenoxy) is 1. The molecule has 0 atom stereocenters. The Bertz CT molecular complexity index is 965. The number of anilines is 1. The van der Waals surface area contributed by atoms with Gasteiger partial charge < -0.3 is 10.1 Å². The van der Waals surface area contributed by atoms with Crippen LogP contribution in [0.4, 0.5) is 10.1 Å². The van der Waals surface area contributed by atoms with Crippen molar-refractivity contribution in [3.05, 3.63) is 65.2 Å². The fourth-order valence-electron chi connectivity index (χ4n) is 2.08. The Balaban J connectivity index is 1.61. The molecule has 0 aliphatic heterocycles. The van der Waals surface area contributed by atoms with Gasteiger partial charge in [0.1, 0.15) is 5.82 Å². The number of nitrogens with one attached hydrogen (secondary N) is 1. The number of nitrogens with zero attached hydrogens (tertiary/aromatic N) is 2. The molecule has 1 amide bonds. The molecule has 0 spiro atoms. The van der Waals surface area contributed by atoms with Crippen LogP contribution in [0, 0.1) is 5.82 Å². The van der Waals surface area contributed by atoms with Crippen LogP contribution in [0.5, 0.6) is 0 Å². The molecule has 25 heavy (non-hydrogen) atoms. The van der Waals surface area contributed by atoms with Crippen LogP contribution >= 0.6 is 11.6 Å². The molecule has 0 saturated heterocycles. The van der Waals surface area contributed by atoms with E-state index in [9.17, 15) is 14.0 Å². The van der Waals surface area contributed by atoms with Gasteiger partial charge in [0.25, 0.3) is 5.91 Å². The summed E-state index contributed by atoms with van der Waals surface area (Å²) in [5.41, 5.74) is 1.66. The number of carbonyl (C=O) groups is 2. The van der Waals surface area contributed by atoms with E-state index in [2.05, 4.69) is 15.3 Å². The molecule has 1 heterocycles. The monoisotopic (exact) mass is 359 g/mol. The topological polar surface area (TPSA) is 81.2 Å². The molecule has 0 aliphatic rings. The van der Waals surface area contributed by atoms with Gasteiger partial charge in [0, 0.05) is 12.4 Å². The average Bonchev–Trinajstić information content (AvgIpc) is 2.61. The van der Waals surface area contributed by atoms with Gasteiger partial charge in [-0.15, -0.1) is 0 Å². The van der Waals surface area contributed by atoms with Crippen molar-refractivity contribution >= 4 is 40.2 Å². The lowest BCUT2D eigenvalue weighted by Gasteiger charge is -2.08. The highest BCUT2D eigenvalue weighted by Crippen LogP contribution is 2.22. The lowest BCUT2D eigenvalue weighted by Crippen LogP contribution is -2.21. The quantitative estimate of drug-likeness (QED) is 0.723. The zero-order valence-electron chi connectivity index (χ0n) is 12.7. The third kappa shape index (κ3) is 4.07. The minimum atomic E-state index is -0.673. The number of aromatic nitrogens is 2. The fourth-order valence-corrected chi connectivity index (χ4v) is 2.30. The van der Waals surface area contributed by atoms with Crippen molar-refractivity contribution < 1.29 is 18.7 Å². The van der Waals surface area contributed by atoms with E-state index in [1.54, 1.807) is 12.3 Å². The zero-order chi connectivity index (χ0) is 17.8. The number of benzene rings is 2. The second-order valence-electron chi connectivity index (χ2n) is 5.01. The maximum atomic E-state index is 13.0. The van der Waals surface area contributed by atoms with Crippen LogP contribution in [0.2, 0.25) is 5.02 Å². The Kier molecular flexibility index (Phi) is 4.85. The Morgan fingerprint density at radius 3 is 2.60 bits per heavy atom. The van der Waals surface area contributed by atoms with E-state index in [4.69, 9.17) is 16.3 Å². The lowest BCUT2D eigenvalue weighted by molar-refractivity contribution is -0.119.